The lowest BCUT2D eigenvalue weighted by Gasteiger charge is -2.02. The van der Waals surface area contributed by atoms with Gasteiger partial charge in [-0.2, -0.15) is 0 Å². The number of nitrogens with zero attached hydrogens (tertiary/aromatic N) is 2. The van der Waals surface area contributed by atoms with Crippen LogP contribution in [0.15, 0.2) is 12.5 Å². The van der Waals surface area contributed by atoms with Gasteiger partial charge >= 0.3 is 5.97 Å². The van der Waals surface area contributed by atoms with Gasteiger partial charge in [0.05, 0.1) is 18.6 Å². The lowest BCUT2D eigenvalue weighted by atomic mass is 10.2. The molecule has 0 fully saturated rings. The SMILES string of the molecule is N[C@@H](Cc1cn(CCF)cn1)C(=O)O. The molecule has 0 aromatic carbocycles. The van der Waals surface area contributed by atoms with E-state index in [2.05, 4.69) is 4.98 Å². The Kier molecular flexibility index (Phi) is 3.58. The third-order valence-corrected chi connectivity index (χ3v) is 1.78. The number of aryl methyl sites for hydroxylation is 1. The summed E-state index contributed by atoms with van der Waals surface area (Å²) in [6, 6.07) is -0.955. The van der Waals surface area contributed by atoms with Gasteiger partial charge in [0, 0.05) is 12.6 Å². The van der Waals surface area contributed by atoms with Gasteiger partial charge in [-0.1, -0.05) is 0 Å². The van der Waals surface area contributed by atoms with Gasteiger partial charge in [0.1, 0.15) is 12.7 Å². The Morgan fingerprint density at radius 2 is 2.50 bits per heavy atom. The molecule has 1 rings (SSSR count). The monoisotopic (exact) mass is 201 g/mol. The lowest BCUT2D eigenvalue weighted by molar-refractivity contribution is -0.138. The van der Waals surface area contributed by atoms with Crippen LogP contribution in [0.1, 0.15) is 5.69 Å². The van der Waals surface area contributed by atoms with Gasteiger partial charge in [-0.3, -0.25) is 4.79 Å². The molecule has 0 bridgehead atoms. The Morgan fingerprint density at radius 3 is 3.07 bits per heavy atom. The highest BCUT2D eigenvalue weighted by atomic mass is 19.1. The Morgan fingerprint density at radius 1 is 1.79 bits per heavy atom. The molecule has 0 radical (unpaired) electrons. The molecule has 0 aliphatic carbocycles. The van der Waals surface area contributed by atoms with Crippen LogP contribution >= 0.6 is 0 Å². The predicted octanol–water partition coefficient (Wildman–Crippen LogP) is -0.193. The van der Waals surface area contributed by atoms with Crippen LogP contribution in [0.4, 0.5) is 4.39 Å². The van der Waals surface area contributed by atoms with Crippen molar-refractivity contribution in [3.05, 3.63) is 18.2 Å². The molecule has 3 N–H and O–H groups in total. The molecule has 78 valence electrons. The van der Waals surface area contributed by atoms with Crippen LogP contribution in [0.3, 0.4) is 0 Å². The van der Waals surface area contributed by atoms with Crippen LogP contribution in [0, 0.1) is 0 Å². The highest BCUT2D eigenvalue weighted by Crippen LogP contribution is 2.00. The van der Waals surface area contributed by atoms with Gasteiger partial charge in [0.15, 0.2) is 0 Å². The predicted molar refractivity (Wildman–Crippen MR) is 47.5 cm³/mol. The Labute approximate surface area is 80.4 Å². The van der Waals surface area contributed by atoms with Gasteiger partial charge in [0.25, 0.3) is 0 Å². The Balaban J connectivity index is 2.55. The second-order valence-electron chi connectivity index (χ2n) is 2.94. The molecule has 1 aromatic rings. The molecule has 0 aliphatic heterocycles. The molecule has 6 heteroatoms. The number of hydrogen-bond acceptors (Lipinski definition) is 3. The third kappa shape index (κ3) is 2.81. The third-order valence-electron chi connectivity index (χ3n) is 1.78. The number of imidazole rings is 1. The molecule has 0 spiro atoms. The number of carboxylic acid groups (broad SMARTS) is 1. The van der Waals surface area contributed by atoms with Crippen LogP contribution in [-0.2, 0) is 17.8 Å². The molecule has 0 amide bonds. The number of aromatic nitrogens is 2. The minimum Gasteiger partial charge on any atom is -0.480 e. The van der Waals surface area contributed by atoms with Gasteiger partial charge < -0.3 is 15.4 Å². The number of hydrogen-bond donors (Lipinski definition) is 2. The minimum atomic E-state index is -1.06. The van der Waals surface area contributed by atoms with E-state index in [1.807, 2.05) is 0 Å². The summed E-state index contributed by atoms with van der Waals surface area (Å²) in [6.45, 7) is -0.240. The Bertz CT molecular complexity index is 313. The zero-order valence-corrected chi connectivity index (χ0v) is 7.56. The van der Waals surface area contributed by atoms with Crippen molar-refractivity contribution in [1.82, 2.24) is 9.55 Å². The molecule has 14 heavy (non-hydrogen) atoms. The van der Waals surface area contributed by atoms with Crippen molar-refractivity contribution in [3.8, 4) is 0 Å². The summed E-state index contributed by atoms with van der Waals surface area (Å²) >= 11 is 0. The molecule has 1 heterocycles. The van der Waals surface area contributed by atoms with Crippen LogP contribution in [0.2, 0.25) is 0 Å². The second kappa shape index (κ2) is 4.71. The van der Waals surface area contributed by atoms with Crippen molar-refractivity contribution >= 4 is 5.97 Å². The number of rotatable bonds is 5. The smallest absolute Gasteiger partial charge is 0.320 e. The lowest BCUT2D eigenvalue weighted by Crippen LogP contribution is -2.32. The van der Waals surface area contributed by atoms with E-state index in [0.29, 0.717) is 5.69 Å². The van der Waals surface area contributed by atoms with E-state index in [4.69, 9.17) is 10.8 Å². The van der Waals surface area contributed by atoms with E-state index in [0.717, 1.165) is 0 Å². The summed E-state index contributed by atoms with van der Waals surface area (Å²) in [5.41, 5.74) is 5.87. The van der Waals surface area contributed by atoms with Crippen molar-refractivity contribution in [2.75, 3.05) is 6.67 Å². The van der Waals surface area contributed by atoms with Crippen LogP contribution in [0.25, 0.3) is 0 Å². The van der Waals surface area contributed by atoms with Gasteiger partial charge in [-0.25, -0.2) is 9.37 Å². The largest absolute Gasteiger partial charge is 0.480 e. The summed E-state index contributed by atoms with van der Waals surface area (Å²) in [6.07, 6.45) is 3.22. The van der Waals surface area contributed by atoms with Crippen molar-refractivity contribution in [2.24, 2.45) is 5.73 Å². The number of carboxylic acids is 1. The van der Waals surface area contributed by atoms with E-state index in [9.17, 15) is 9.18 Å². The number of halogens is 1. The summed E-state index contributed by atoms with van der Waals surface area (Å²) in [5.74, 6) is -1.06. The molecule has 1 aromatic heterocycles. The normalized spacial score (nSPS) is 12.7. The van der Waals surface area contributed by atoms with Crippen molar-refractivity contribution in [1.29, 1.82) is 0 Å². The molecule has 0 saturated heterocycles. The second-order valence-corrected chi connectivity index (χ2v) is 2.94. The highest BCUT2D eigenvalue weighted by molar-refractivity contribution is 5.73. The van der Waals surface area contributed by atoms with Crippen LogP contribution in [0.5, 0.6) is 0 Å². The summed E-state index contributed by atoms with van der Waals surface area (Å²) in [5, 5.41) is 8.53. The molecule has 0 unspecified atom stereocenters. The first kappa shape index (κ1) is 10.6. The maximum Gasteiger partial charge on any atom is 0.320 e. The van der Waals surface area contributed by atoms with Gasteiger partial charge in [-0.15, -0.1) is 0 Å². The number of nitrogens with two attached hydrogens (primary N) is 1. The topological polar surface area (TPSA) is 81.1 Å². The standard InChI is InChI=1S/C8H12FN3O2/c9-1-2-12-4-6(11-5-12)3-7(10)8(13)14/h4-5,7H,1-3,10H2,(H,13,14)/t7-/m0/s1. The zero-order chi connectivity index (χ0) is 10.6. The van der Waals surface area contributed by atoms with Gasteiger partial charge in [0.2, 0.25) is 0 Å². The number of aliphatic carboxylic acids is 1. The average Bonchev–Trinajstić information content (AvgIpc) is 2.53. The first-order valence-electron chi connectivity index (χ1n) is 4.18. The average molecular weight is 201 g/mol. The fraction of sp³-hybridized carbons (Fsp3) is 0.500. The summed E-state index contributed by atoms with van der Waals surface area (Å²) < 4.78 is 13.5. The zero-order valence-electron chi connectivity index (χ0n) is 7.56. The van der Waals surface area contributed by atoms with Crippen LogP contribution < -0.4 is 5.73 Å². The maximum atomic E-state index is 11.9. The first-order chi connectivity index (χ1) is 6.63. The van der Waals surface area contributed by atoms with Crippen molar-refractivity contribution < 1.29 is 14.3 Å². The molecular weight excluding hydrogens is 189 g/mol. The number of carbonyl (C=O) groups is 1. The van der Waals surface area contributed by atoms with Crippen LogP contribution in [-0.4, -0.2) is 33.3 Å². The van der Waals surface area contributed by atoms with Crippen molar-refractivity contribution in [3.63, 3.8) is 0 Å². The number of alkyl halides is 1. The van der Waals surface area contributed by atoms with Gasteiger partial charge in [-0.05, 0) is 0 Å². The fourth-order valence-corrected chi connectivity index (χ4v) is 1.04. The van der Waals surface area contributed by atoms with E-state index >= 15 is 0 Å². The molecule has 0 aliphatic rings. The highest BCUT2D eigenvalue weighted by Gasteiger charge is 2.13. The van der Waals surface area contributed by atoms with E-state index in [1.165, 1.54) is 6.33 Å². The molecule has 1 atom stereocenters. The summed E-state index contributed by atoms with van der Waals surface area (Å²) in [7, 11) is 0. The Hall–Kier alpha value is -1.43. The quantitative estimate of drug-likeness (QED) is 0.691. The summed E-state index contributed by atoms with van der Waals surface area (Å²) in [4.78, 5) is 14.3. The van der Waals surface area contributed by atoms with Crippen molar-refractivity contribution in [2.45, 2.75) is 19.0 Å². The molecular formula is C8H12FN3O2. The van der Waals surface area contributed by atoms with E-state index < -0.39 is 18.7 Å². The minimum absolute atomic E-state index is 0.161. The fourth-order valence-electron chi connectivity index (χ4n) is 1.04. The first-order valence-corrected chi connectivity index (χ1v) is 4.18. The maximum absolute atomic E-state index is 11.9. The van der Waals surface area contributed by atoms with E-state index in [-0.39, 0.29) is 13.0 Å². The van der Waals surface area contributed by atoms with E-state index in [1.54, 1.807) is 10.8 Å². The molecule has 5 nitrogen and oxygen atoms in total. The molecule has 0 saturated carbocycles.